The van der Waals surface area contributed by atoms with Crippen LogP contribution in [0.4, 0.5) is 0 Å². The summed E-state index contributed by atoms with van der Waals surface area (Å²) in [7, 11) is 1.59. The summed E-state index contributed by atoms with van der Waals surface area (Å²) in [4.78, 5) is 32.9. The van der Waals surface area contributed by atoms with Crippen LogP contribution in [0.5, 0.6) is 5.88 Å². The highest BCUT2D eigenvalue weighted by Gasteiger charge is 2.42. The fourth-order valence-corrected chi connectivity index (χ4v) is 5.81. The normalized spacial score (nSPS) is 24.3. The first-order valence-corrected chi connectivity index (χ1v) is 11.2. The number of ether oxygens (including phenoxy) is 1. The molecule has 1 saturated heterocycles. The van der Waals surface area contributed by atoms with Gasteiger partial charge in [0.2, 0.25) is 5.88 Å². The van der Waals surface area contributed by atoms with Gasteiger partial charge in [-0.2, -0.15) is 0 Å². The van der Waals surface area contributed by atoms with Gasteiger partial charge in [-0.15, -0.1) is 0 Å². The minimum Gasteiger partial charge on any atom is -0.480 e. The highest BCUT2D eigenvalue weighted by Crippen LogP contribution is 2.43. The largest absolute Gasteiger partial charge is 0.480 e. The second-order valence-corrected chi connectivity index (χ2v) is 8.92. The summed E-state index contributed by atoms with van der Waals surface area (Å²) in [6.07, 6.45) is 6.03. The second-order valence-electron chi connectivity index (χ2n) is 8.92. The fraction of sp³-hybridized carbons (Fsp3) is 0.542. The lowest BCUT2D eigenvalue weighted by Crippen LogP contribution is -2.51. The van der Waals surface area contributed by atoms with Crippen LogP contribution in [-0.4, -0.2) is 40.6 Å². The molecule has 2 aliphatic heterocycles. The Morgan fingerprint density at radius 2 is 2.13 bits per heavy atom. The smallest absolute Gasteiger partial charge is 0.259 e. The molecule has 30 heavy (non-hydrogen) atoms. The number of aromatic nitrogens is 2. The van der Waals surface area contributed by atoms with Crippen molar-refractivity contribution in [2.24, 2.45) is 5.92 Å². The van der Waals surface area contributed by atoms with Crippen LogP contribution in [0.3, 0.4) is 0 Å². The predicted octanol–water partition coefficient (Wildman–Crippen LogP) is 3.34. The van der Waals surface area contributed by atoms with E-state index in [0.717, 1.165) is 49.9 Å². The summed E-state index contributed by atoms with van der Waals surface area (Å²) < 4.78 is 7.52. The third kappa shape index (κ3) is 3.04. The van der Waals surface area contributed by atoms with Gasteiger partial charge in [0.05, 0.1) is 7.11 Å². The molecule has 4 heterocycles. The molecule has 1 aliphatic carbocycles. The van der Waals surface area contributed by atoms with Crippen molar-refractivity contribution in [3.05, 3.63) is 57.1 Å². The maximum atomic E-state index is 13.6. The molecule has 0 N–H and O–H groups in total. The van der Waals surface area contributed by atoms with Crippen molar-refractivity contribution in [3.8, 4) is 5.88 Å². The van der Waals surface area contributed by atoms with Crippen LogP contribution in [0.25, 0.3) is 0 Å². The Morgan fingerprint density at radius 3 is 2.93 bits per heavy atom. The molecule has 3 aliphatic rings. The fourth-order valence-electron chi connectivity index (χ4n) is 5.81. The molecule has 6 nitrogen and oxygen atoms in total. The summed E-state index contributed by atoms with van der Waals surface area (Å²) >= 11 is 0. The number of hydrogen-bond donors (Lipinski definition) is 0. The number of piperidine rings is 1. The molecular weight excluding hydrogens is 378 g/mol. The lowest BCUT2D eigenvalue weighted by molar-refractivity contribution is 0.0515. The van der Waals surface area contributed by atoms with Crippen LogP contribution >= 0.6 is 0 Å². The average molecular weight is 408 g/mol. The molecule has 6 heteroatoms. The first-order chi connectivity index (χ1) is 14.6. The molecule has 158 valence electrons. The van der Waals surface area contributed by atoms with Gasteiger partial charge in [0.15, 0.2) is 0 Å². The van der Waals surface area contributed by atoms with E-state index in [1.54, 1.807) is 13.2 Å². The molecule has 5 rings (SSSR count). The van der Waals surface area contributed by atoms with Gasteiger partial charge < -0.3 is 14.2 Å². The van der Waals surface area contributed by atoms with Crippen molar-refractivity contribution in [2.45, 2.75) is 57.4 Å². The number of nitrogens with zero attached hydrogens (tertiary/aromatic N) is 3. The third-order valence-electron chi connectivity index (χ3n) is 7.11. The minimum absolute atomic E-state index is 0.00530. The number of aryl methyl sites for hydroxylation is 2. The van der Waals surface area contributed by atoms with E-state index in [1.165, 1.54) is 5.56 Å². The predicted molar refractivity (Wildman–Crippen MR) is 114 cm³/mol. The van der Waals surface area contributed by atoms with Crippen molar-refractivity contribution in [1.82, 2.24) is 14.5 Å². The number of likely N-dealkylation sites (tertiary alicyclic amines) is 1. The zero-order valence-corrected chi connectivity index (χ0v) is 17.8. The number of carbonyl (C=O) groups is 1. The van der Waals surface area contributed by atoms with Gasteiger partial charge in [-0.05, 0) is 55.7 Å². The van der Waals surface area contributed by atoms with Crippen LogP contribution in [0.15, 0.2) is 29.1 Å². The van der Waals surface area contributed by atoms with Crippen LogP contribution < -0.4 is 10.3 Å². The standard InChI is InChI=1S/C24H29N3O3/c1-3-6-20-16-11-17(21-9-5-10-22(28)27(20)21)14-26(13-16)24(29)18-12-15-7-4-8-19(15)25-23(18)30-2/h5,9-10,12,16-17,20H,3-4,6-8,11,13-14H2,1-2H3/t16-,17+,20-/m0/s1. The van der Waals surface area contributed by atoms with Crippen molar-refractivity contribution in [2.75, 3.05) is 20.2 Å². The summed E-state index contributed by atoms with van der Waals surface area (Å²) in [5, 5.41) is 0. The van der Waals surface area contributed by atoms with Gasteiger partial charge in [-0.1, -0.05) is 19.4 Å². The number of hydrogen-bond acceptors (Lipinski definition) is 4. The molecule has 3 atom stereocenters. The van der Waals surface area contributed by atoms with Gasteiger partial charge in [-0.3, -0.25) is 9.59 Å². The molecule has 1 amide bonds. The number of fused-ring (bicyclic) bond motifs is 5. The molecule has 0 aromatic carbocycles. The van der Waals surface area contributed by atoms with Crippen molar-refractivity contribution >= 4 is 5.91 Å². The van der Waals surface area contributed by atoms with Gasteiger partial charge in [0.1, 0.15) is 5.56 Å². The molecule has 2 aromatic rings. The summed E-state index contributed by atoms with van der Waals surface area (Å²) in [6, 6.07) is 7.74. The lowest BCUT2D eigenvalue weighted by Gasteiger charge is -2.47. The number of pyridine rings is 2. The topological polar surface area (TPSA) is 64.4 Å². The second kappa shape index (κ2) is 7.56. The number of amides is 1. The highest BCUT2D eigenvalue weighted by molar-refractivity contribution is 5.96. The number of rotatable bonds is 4. The highest BCUT2D eigenvalue weighted by atomic mass is 16.5. The molecule has 0 spiro atoms. The Hall–Kier alpha value is -2.63. The quantitative estimate of drug-likeness (QED) is 0.780. The van der Waals surface area contributed by atoms with E-state index in [2.05, 4.69) is 18.0 Å². The summed E-state index contributed by atoms with van der Waals surface area (Å²) in [5.41, 5.74) is 3.99. The van der Waals surface area contributed by atoms with E-state index >= 15 is 0 Å². The molecule has 2 aromatic heterocycles. The first-order valence-electron chi connectivity index (χ1n) is 11.2. The lowest BCUT2D eigenvalue weighted by atomic mass is 9.77. The molecule has 1 fully saturated rings. The Balaban J connectivity index is 1.50. The van der Waals surface area contributed by atoms with Crippen LogP contribution in [0, 0.1) is 5.92 Å². The van der Waals surface area contributed by atoms with E-state index in [9.17, 15) is 9.59 Å². The zero-order chi connectivity index (χ0) is 20.8. The third-order valence-corrected chi connectivity index (χ3v) is 7.11. The van der Waals surface area contributed by atoms with Gasteiger partial charge >= 0.3 is 0 Å². The molecule has 0 unspecified atom stereocenters. The molecule has 0 saturated carbocycles. The Morgan fingerprint density at radius 1 is 1.27 bits per heavy atom. The first kappa shape index (κ1) is 19.3. The maximum absolute atomic E-state index is 13.6. The van der Waals surface area contributed by atoms with Crippen LogP contribution in [0.2, 0.25) is 0 Å². The van der Waals surface area contributed by atoms with E-state index in [-0.39, 0.29) is 23.4 Å². The Bertz CT molecular complexity index is 1040. The number of carbonyl (C=O) groups excluding carboxylic acids is 1. The minimum atomic E-state index is 0.00530. The Kier molecular flexibility index (Phi) is 4.88. The van der Waals surface area contributed by atoms with Crippen LogP contribution in [0.1, 0.15) is 71.9 Å². The SMILES string of the molecule is CCC[C@H]1[C@H]2C[C@H](CN(C(=O)c3cc4c(nc3OC)CCC4)C2)c2cccc(=O)n21. The van der Waals surface area contributed by atoms with Crippen LogP contribution in [-0.2, 0) is 12.8 Å². The zero-order valence-electron chi connectivity index (χ0n) is 17.8. The molecular formula is C24H29N3O3. The summed E-state index contributed by atoms with van der Waals surface area (Å²) in [6.45, 7) is 3.48. The maximum Gasteiger partial charge on any atom is 0.259 e. The van der Waals surface area contributed by atoms with E-state index in [1.807, 2.05) is 21.6 Å². The van der Waals surface area contributed by atoms with Crippen molar-refractivity contribution in [3.63, 3.8) is 0 Å². The monoisotopic (exact) mass is 407 g/mol. The van der Waals surface area contributed by atoms with E-state index in [4.69, 9.17) is 4.74 Å². The number of methoxy groups -OCH3 is 1. The Labute approximate surface area is 176 Å². The van der Waals surface area contributed by atoms with E-state index < -0.39 is 0 Å². The van der Waals surface area contributed by atoms with Gasteiger partial charge in [0, 0.05) is 42.5 Å². The van der Waals surface area contributed by atoms with Gasteiger partial charge in [-0.25, -0.2) is 4.98 Å². The van der Waals surface area contributed by atoms with Crippen molar-refractivity contribution < 1.29 is 9.53 Å². The van der Waals surface area contributed by atoms with Crippen molar-refractivity contribution in [1.29, 1.82) is 0 Å². The molecule has 0 radical (unpaired) electrons. The van der Waals surface area contributed by atoms with E-state index in [0.29, 0.717) is 30.5 Å². The average Bonchev–Trinajstić information content (AvgIpc) is 3.22. The van der Waals surface area contributed by atoms with Gasteiger partial charge in [0.25, 0.3) is 11.5 Å². The molecule has 2 bridgehead atoms. The summed E-state index contributed by atoms with van der Waals surface area (Å²) in [5.74, 6) is 0.945.